The molecule has 1 aliphatic carbocycles. The van der Waals surface area contributed by atoms with Gasteiger partial charge in [0.05, 0.1) is 5.75 Å². The molecule has 0 aromatic rings. The van der Waals surface area contributed by atoms with Gasteiger partial charge in [-0.1, -0.05) is 13.8 Å². The molecule has 0 aromatic heterocycles. The first-order valence-corrected chi connectivity index (χ1v) is 11.6. The Morgan fingerprint density at radius 3 is 2.40 bits per heavy atom. The van der Waals surface area contributed by atoms with Gasteiger partial charge in [0.15, 0.2) is 5.96 Å². The Morgan fingerprint density at radius 2 is 1.84 bits per heavy atom. The molecule has 0 bridgehead atoms. The third-order valence-electron chi connectivity index (χ3n) is 4.92. The molecule has 1 aliphatic heterocycles. The number of aliphatic imine (C=N–C) groups is 1. The summed E-state index contributed by atoms with van der Waals surface area (Å²) in [6.07, 6.45) is 4.70. The Labute approximate surface area is 174 Å². The van der Waals surface area contributed by atoms with E-state index in [2.05, 4.69) is 29.5 Å². The standard InChI is InChI=1S/C16H32N4O2S2.HI/c1-16(2)6-4-14(5-7-16)19-15(17-3)18-8-13-24(21,22)20-9-11-23-12-10-20;/h14H,4-13H2,1-3H3,(H2,17,18,19);1H. The lowest BCUT2D eigenvalue weighted by molar-refractivity contribution is 0.216. The fourth-order valence-corrected chi connectivity index (χ4v) is 5.68. The minimum atomic E-state index is -3.16. The molecule has 2 N–H and O–H groups in total. The summed E-state index contributed by atoms with van der Waals surface area (Å²) >= 11 is 1.82. The lowest BCUT2D eigenvalue weighted by Crippen LogP contribution is -2.47. The van der Waals surface area contributed by atoms with E-state index in [9.17, 15) is 8.42 Å². The lowest BCUT2D eigenvalue weighted by Gasteiger charge is -2.35. The summed E-state index contributed by atoms with van der Waals surface area (Å²) in [6.45, 7) is 6.31. The molecule has 0 aromatic carbocycles. The van der Waals surface area contributed by atoms with Crippen LogP contribution >= 0.6 is 35.7 Å². The molecule has 0 radical (unpaired) electrons. The fraction of sp³-hybridized carbons (Fsp3) is 0.938. The lowest BCUT2D eigenvalue weighted by atomic mass is 9.75. The van der Waals surface area contributed by atoms with E-state index >= 15 is 0 Å². The molecule has 148 valence electrons. The smallest absolute Gasteiger partial charge is 0.215 e. The van der Waals surface area contributed by atoms with E-state index in [-0.39, 0.29) is 29.7 Å². The second-order valence-corrected chi connectivity index (χ2v) is 10.7. The summed E-state index contributed by atoms with van der Waals surface area (Å²) in [7, 11) is -1.43. The molecule has 0 atom stereocenters. The zero-order valence-electron chi connectivity index (χ0n) is 15.6. The van der Waals surface area contributed by atoms with Crippen molar-refractivity contribution in [2.24, 2.45) is 10.4 Å². The number of hydrogen-bond donors (Lipinski definition) is 2. The molecule has 2 rings (SSSR count). The maximum atomic E-state index is 12.3. The van der Waals surface area contributed by atoms with E-state index < -0.39 is 10.0 Å². The van der Waals surface area contributed by atoms with Crippen LogP contribution in [0.25, 0.3) is 0 Å². The molecular weight excluding hydrogens is 471 g/mol. The van der Waals surface area contributed by atoms with Crippen molar-refractivity contribution in [2.45, 2.75) is 45.6 Å². The van der Waals surface area contributed by atoms with Crippen molar-refractivity contribution in [3.05, 3.63) is 0 Å². The zero-order valence-corrected chi connectivity index (χ0v) is 19.5. The first-order chi connectivity index (χ1) is 11.3. The summed E-state index contributed by atoms with van der Waals surface area (Å²) in [5, 5.41) is 6.60. The third-order valence-corrected chi connectivity index (χ3v) is 7.73. The van der Waals surface area contributed by atoms with E-state index in [1.807, 2.05) is 11.8 Å². The predicted octanol–water partition coefficient (Wildman–Crippen LogP) is 2.12. The molecule has 0 unspecified atom stereocenters. The van der Waals surface area contributed by atoms with Crippen LogP contribution in [0.1, 0.15) is 39.5 Å². The van der Waals surface area contributed by atoms with Crippen molar-refractivity contribution >= 4 is 51.7 Å². The highest BCUT2D eigenvalue weighted by atomic mass is 127. The number of nitrogens with one attached hydrogen (secondary N) is 2. The van der Waals surface area contributed by atoms with Crippen LogP contribution in [0.15, 0.2) is 4.99 Å². The van der Waals surface area contributed by atoms with Crippen LogP contribution in [-0.2, 0) is 10.0 Å². The number of halogens is 1. The Kier molecular flexibility index (Phi) is 9.84. The largest absolute Gasteiger partial charge is 0.355 e. The van der Waals surface area contributed by atoms with Crippen LogP contribution in [-0.4, -0.2) is 68.7 Å². The van der Waals surface area contributed by atoms with Crippen molar-refractivity contribution in [3.63, 3.8) is 0 Å². The first kappa shape index (κ1) is 23.3. The van der Waals surface area contributed by atoms with Crippen molar-refractivity contribution in [2.75, 3.05) is 43.9 Å². The number of guanidine groups is 1. The van der Waals surface area contributed by atoms with Gasteiger partial charge in [-0.25, -0.2) is 12.7 Å². The predicted molar refractivity (Wildman–Crippen MR) is 119 cm³/mol. The second-order valence-electron chi connectivity index (χ2n) is 7.41. The van der Waals surface area contributed by atoms with Crippen molar-refractivity contribution in [1.82, 2.24) is 14.9 Å². The van der Waals surface area contributed by atoms with Crippen LogP contribution in [0.4, 0.5) is 0 Å². The van der Waals surface area contributed by atoms with Crippen LogP contribution < -0.4 is 10.6 Å². The zero-order chi connectivity index (χ0) is 17.6. The van der Waals surface area contributed by atoms with E-state index in [1.54, 1.807) is 11.4 Å². The minimum Gasteiger partial charge on any atom is -0.355 e. The second kappa shape index (κ2) is 10.6. The van der Waals surface area contributed by atoms with E-state index in [1.165, 1.54) is 12.8 Å². The molecule has 25 heavy (non-hydrogen) atoms. The number of rotatable bonds is 5. The topological polar surface area (TPSA) is 73.8 Å². The SMILES string of the molecule is CN=C(NCCS(=O)(=O)N1CCSCC1)NC1CCC(C)(C)CC1.I. The van der Waals surface area contributed by atoms with Crippen LogP contribution in [0.2, 0.25) is 0 Å². The van der Waals surface area contributed by atoms with Crippen molar-refractivity contribution in [1.29, 1.82) is 0 Å². The molecule has 0 amide bonds. The van der Waals surface area contributed by atoms with Gasteiger partial charge < -0.3 is 10.6 Å². The molecule has 2 aliphatic rings. The molecule has 6 nitrogen and oxygen atoms in total. The third kappa shape index (κ3) is 7.80. The van der Waals surface area contributed by atoms with Gasteiger partial charge in [-0.3, -0.25) is 4.99 Å². The summed E-state index contributed by atoms with van der Waals surface area (Å²) in [5.41, 5.74) is 0.440. The van der Waals surface area contributed by atoms with Gasteiger partial charge in [-0.2, -0.15) is 11.8 Å². The Hall–Kier alpha value is 0.260. The number of thioether (sulfide) groups is 1. The highest BCUT2D eigenvalue weighted by Gasteiger charge is 2.27. The van der Waals surface area contributed by atoms with E-state index in [0.717, 1.165) is 24.3 Å². The monoisotopic (exact) mass is 504 g/mol. The van der Waals surface area contributed by atoms with Gasteiger partial charge >= 0.3 is 0 Å². The summed E-state index contributed by atoms with van der Waals surface area (Å²) in [5.74, 6) is 2.63. The maximum Gasteiger partial charge on any atom is 0.215 e. The van der Waals surface area contributed by atoms with E-state index in [0.29, 0.717) is 37.1 Å². The molecule has 2 fully saturated rings. The summed E-state index contributed by atoms with van der Waals surface area (Å²) in [6, 6.07) is 0.431. The van der Waals surface area contributed by atoms with Crippen LogP contribution in [0.5, 0.6) is 0 Å². The van der Waals surface area contributed by atoms with Crippen molar-refractivity contribution < 1.29 is 8.42 Å². The Bertz CT molecular complexity index is 524. The van der Waals surface area contributed by atoms with Crippen molar-refractivity contribution in [3.8, 4) is 0 Å². The van der Waals surface area contributed by atoms with Gasteiger partial charge in [0, 0.05) is 44.2 Å². The first-order valence-electron chi connectivity index (χ1n) is 8.85. The van der Waals surface area contributed by atoms with Crippen LogP contribution in [0.3, 0.4) is 0 Å². The van der Waals surface area contributed by atoms with Gasteiger partial charge in [-0.15, -0.1) is 24.0 Å². The maximum absolute atomic E-state index is 12.3. The van der Waals surface area contributed by atoms with Gasteiger partial charge in [-0.05, 0) is 31.1 Å². The highest BCUT2D eigenvalue weighted by molar-refractivity contribution is 14.0. The molecular formula is C16H33IN4O2S2. The van der Waals surface area contributed by atoms with Crippen LogP contribution in [0, 0.1) is 5.41 Å². The van der Waals surface area contributed by atoms with Gasteiger partial charge in [0.1, 0.15) is 0 Å². The molecule has 1 saturated carbocycles. The molecule has 0 spiro atoms. The Balaban J connectivity index is 0.00000312. The normalized spacial score (nSPS) is 22.9. The van der Waals surface area contributed by atoms with E-state index in [4.69, 9.17) is 0 Å². The average Bonchev–Trinajstić information content (AvgIpc) is 2.56. The molecule has 9 heteroatoms. The fourth-order valence-electron chi connectivity index (χ4n) is 3.18. The minimum absolute atomic E-state index is 0. The number of nitrogens with zero attached hydrogens (tertiary/aromatic N) is 2. The average molecular weight is 505 g/mol. The number of hydrogen-bond acceptors (Lipinski definition) is 4. The summed E-state index contributed by atoms with van der Waals surface area (Å²) < 4.78 is 26.3. The summed E-state index contributed by atoms with van der Waals surface area (Å²) in [4.78, 5) is 4.23. The Morgan fingerprint density at radius 1 is 1.24 bits per heavy atom. The van der Waals surface area contributed by atoms with Gasteiger partial charge in [0.25, 0.3) is 0 Å². The quantitative estimate of drug-likeness (QED) is 0.341. The molecule has 1 heterocycles. The molecule has 1 saturated heterocycles. The number of sulfonamides is 1. The van der Waals surface area contributed by atoms with Gasteiger partial charge in [0.2, 0.25) is 10.0 Å². The highest BCUT2D eigenvalue weighted by Crippen LogP contribution is 2.34.